The van der Waals surface area contributed by atoms with Crippen molar-refractivity contribution < 1.29 is 4.79 Å². The minimum Gasteiger partial charge on any atom is -0.325 e. The van der Waals surface area contributed by atoms with Crippen molar-refractivity contribution in [1.82, 2.24) is 14.5 Å². The number of pyridine rings is 1. The molecule has 0 atom stereocenters. The summed E-state index contributed by atoms with van der Waals surface area (Å²) in [5, 5.41) is 2.87. The predicted molar refractivity (Wildman–Crippen MR) is 92.6 cm³/mol. The van der Waals surface area contributed by atoms with E-state index in [-0.39, 0.29) is 5.91 Å². The van der Waals surface area contributed by atoms with Crippen molar-refractivity contribution in [3.63, 3.8) is 0 Å². The number of carbonyl (C=O) groups excluding carboxylic acids is 1. The van der Waals surface area contributed by atoms with Crippen molar-refractivity contribution in [1.29, 1.82) is 0 Å². The van der Waals surface area contributed by atoms with Crippen LogP contribution in [0.3, 0.4) is 0 Å². The molecule has 1 N–H and O–H groups in total. The van der Waals surface area contributed by atoms with E-state index >= 15 is 0 Å². The van der Waals surface area contributed by atoms with Gasteiger partial charge >= 0.3 is 0 Å². The Morgan fingerprint density at radius 2 is 2.04 bits per heavy atom. The van der Waals surface area contributed by atoms with E-state index in [2.05, 4.69) is 15.3 Å². The van der Waals surface area contributed by atoms with Crippen LogP contribution >= 0.6 is 11.8 Å². The van der Waals surface area contributed by atoms with Crippen LogP contribution in [-0.2, 0) is 10.5 Å². The van der Waals surface area contributed by atoms with Crippen LogP contribution in [0.4, 0.5) is 5.69 Å². The van der Waals surface area contributed by atoms with Gasteiger partial charge in [-0.3, -0.25) is 9.36 Å². The maximum Gasteiger partial charge on any atom is 0.234 e. The molecule has 116 valence electrons. The molecule has 0 fully saturated rings. The number of imidazole rings is 1. The van der Waals surface area contributed by atoms with Crippen LogP contribution < -0.4 is 5.32 Å². The van der Waals surface area contributed by atoms with Gasteiger partial charge in [-0.2, -0.15) is 0 Å². The second kappa shape index (κ2) is 7.60. The summed E-state index contributed by atoms with van der Waals surface area (Å²) in [5.41, 5.74) is 1.91. The van der Waals surface area contributed by atoms with Gasteiger partial charge in [0.05, 0.1) is 5.75 Å². The van der Waals surface area contributed by atoms with Gasteiger partial charge in [0.15, 0.2) is 0 Å². The van der Waals surface area contributed by atoms with Gasteiger partial charge in [-0.15, -0.1) is 11.8 Å². The molecule has 0 saturated heterocycles. The third kappa shape index (κ3) is 4.43. The predicted octanol–water partition coefficient (Wildman–Crippen LogP) is 3.14. The van der Waals surface area contributed by atoms with Crippen molar-refractivity contribution >= 4 is 23.4 Å². The Bertz CT molecular complexity index is 742. The third-order valence-electron chi connectivity index (χ3n) is 3.14. The SMILES string of the molecule is O=C(CSCc1ccc(-n2ccnc2)nc1)Nc1ccccc1. The first-order valence-corrected chi connectivity index (χ1v) is 8.32. The normalized spacial score (nSPS) is 10.4. The second-order valence-electron chi connectivity index (χ2n) is 4.90. The van der Waals surface area contributed by atoms with Crippen molar-refractivity contribution in [2.45, 2.75) is 5.75 Å². The molecule has 2 aromatic heterocycles. The maximum atomic E-state index is 11.9. The van der Waals surface area contributed by atoms with Crippen molar-refractivity contribution in [3.8, 4) is 5.82 Å². The van der Waals surface area contributed by atoms with E-state index in [0.717, 1.165) is 22.8 Å². The van der Waals surface area contributed by atoms with Gasteiger partial charge in [-0.1, -0.05) is 24.3 Å². The number of carbonyl (C=O) groups is 1. The minimum absolute atomic E-state index is 0.00388. The summed E-state index contributed by atoms with van der Waals surface area (Å²) < 4.78 is 1.85. The number of hydrogen-bond donors (Lipinski definition) is 1. The molecule has 0 aliphatic heterocycles. The molecule has 1 amide bonds. The summed E-state index contributed by atoms with van der Waals surface area (Å²) in [4.78, 5) is 20.2. The number of rotatable bonds is 6. The molecular formula is C17H16N4OS. The molecule has 2 heterocycles. The zero-order chi connectivity index (χ0) is 15.9. The zero-order valence-electron chi connectivity index (χ0n) is 12.4. The van der Waals surface area contributed by atoms with Gasteiger partial charge in [0.2, 0.25) is 5.91 Å². The Hall–Kier alpha value is -2.60. The average Bonchev–Trinajstić information content (AvgIpc) is 3.11. The van der Waals surface area contributed by atoms with E-state index in [1.54, 1.807) is 24.3 Å². The van der Waals surface area contributed by atoms with Crippen LogP contribution in [0.5, 0.6) is 0 Å². The fourth-order valence-electron chi connectivity index (χ4n) is 2.03. The van der Waals surface area contributed by atoms with Gasteiger partial charge in [0.25, 0.3) is 0 Å². The number of amides is 1. The fourth-order valence-corrected chi connectivity index (χ4v) is 2.80. The van der Waals surface area contributed by atoms with Gasteiger partial charge < -0.3 is 5.32 Å². The number of benzene rings is 1. The summed E-state index contributed by atoms with van der Waals surface area (Å²) in [6.45, 7) is 0. The second-order valence-corrected chi connectivity index (χ2v) is 5.89. The minimum atomic E-state index is 0.00388. The molecule has 0 aliphatic carbocycles. The van der Waals surface area contributed by atoms with Crippen LogP contribution in [0.25, 0.3) is 5.82 Å². The monoisotopic (exact) mass is 324 g/mol. The summed E-state index contributed by atoms with van der Waals surface area (Å²) in [7, 11) is 0. The summed E-state index contributed by atoms with van der Waals surface area (Å²) >= 11 is 1.57. The lowest BCUT2D eigenvalue weighted by Crippen LogP contribution is -2.14. The Kier molecular flexibility index (Phi) is 5.06. The highest BCUT2D eigenvalue weighted by Gasteiger charge is 2.03. The van der Waals surface area contributed by atoms with Crippen molar-refractivity contribution in [2.75, 3.05) is 11.1 Å². The van der Waals surface area contributed by atoms with Crippen molar-refractivity contribution in [2.24, 2.45) is 0 Å². The summed E-state index contributed by atoms with van der Waals surface area (Å²) in [6.07, 6.45) is 7.11. The van der Waals surface area contributed by atoms with Crippen LogP contribution in [0.15, 0.2) is 67.4 Å². The lowest BCUT2D eigenvalue weighted by atomic mass is 10.3. The molecule has 0 radical (unpaired) electrons. The van der Waals surface area contributed by atoms with E-state index in [1.165, 1.54) is 0 Å². The van der Waals surface area contributed by atoms with E-state index in [0.29, 0.717) is 5.75 Å². The van der Waals surface area contributed by atoms with Crippen LogP contribution in [0.1, 0.15) is 5.56 Å². The Balaban J connectivity index is 1.46. The standard InChI is InChI=1S/C17H16N4OS/c22-17(20-15-4-2-1-3-5-15)12-23-11-14-6-7-16(19-10-14)21-9-8-18-13-21/h1-10,13H,11-12H2,(H,20,22). The van der Waals surface area contributed by atoms with E-state index in [1.807, 2.05) is 59.4 Å². The first-order chi connectivity index (χ1) is 11.3. The highest BCUT2D eigenvalue weighted by molar-refractivity contribution is 7.99. The number of nitrogens with zero attached hydrogens (tertiary/aromatic N) is 3. The highest BCUT2D eigenvalue weighted by atomic mass is 32.2. The van der Waals surface area contributed by atoms with Crippen LogP contribution in [0.2, 0.25) is 0 Å². The fraction of sp³-hybridized carbons (Fsp3) is 0.118. The lowest BCUT2D eigenvalue weighted by Gasteiger charge is -2.06. The van der Waals surface area contributed by atoms with Crippen LogP contribution in [0, 0.1) is 0 Å². The smallest absolute Gasteiger partial charge is 0.234 e. The number of thioether (sulfide) groups is 1. The first kappa shape index (κ1) is 15.3. The molecule has 5 nitrogen and oxygen atoms in total. The number of anilines is 1. The number of nitrogens with one attached hydrogen (secondary N) is 1. The van der Waals surface area contributed by atoms with Gasteiger partial charge in [0.1, 0.15) is 12.1 Å². The van der Waals surface area contributed by atoms with Gasteiger partial charge in [-0.25, -0.2) is 9.97 Å². The molecule has 0 unspecified atom stereocenters. The van der Waals surface area contributed by atoms with Crippen LogP contribution in [-0.4, -0.2) is 26.2 Å². The molecule has 23 heavy (non-hydrogen) atoms. The molecule has 0 bridgehead atoms. The average molecular weight is 324 g/mol. The van der Waals surface area contributed by atoms with E-state index in [9.17, 15) is 4.79 Å². The van der Waals surface area contributed by atoms with E-state index < -0.39 is 0 Å². The summed E-state index contributed by atoms with van der Waals surface area (Å²) in [6, 6.07) is 13.4. The number of aromatic nitrogens is 3. The zero-order valence-corrected chi connectivity index (χ0v) is 13.2. The first-order valence-electron chi connectivity index (χ1n) is 7.17. The number of para-hydroxylation sites is 1. The molecule has 3 aromatic rings. The molecule has 0 spiro atoms. The maximum absolute atomic E-state index is 11.9. The lowest BCUT2D eigenvalue weighted by molar-refractivity contribution is -0.113. The topological polar surface area (TPSA) is 59.8 Å². The third-order valence-corrected chi connectivity index (χ3v) is 4.14. The Morgan fingerprint density at radius 1 is 1.17 bits per heavy atom. The largest absolute Gasteiger partial charge is 0.325 e. The quantitative estimate of drug-likeness (QED) is 0.757. The molecule has 1 aromatic carbocycles. The molecule has 3 rings (SSSR count). The van der Waals surface area contributed by atoms with Crippen molar-refractivity contribution in [3.05, 3.63) is 72.9 Å². The van der Waals surface area contributed by atoms with Gasteiger partial charge in [-0.05, 0) is 23.8 Å². The highest BCUT2D eigenvalue weighted by Crippen LogP contribution is 2.14. The summed E-state index contributed by atoms with van der Waals surface area (Å²) in [5.74, 6) is 2.00. The Morgan fingerprint density at radius 3 is 2.74 bits per heavy atom. The molecule has 0 aliphatic rings. The Labute approximate surface area is 138 Å². The van der Waals surface area contributed by atoms with Gasteiger partial charge in [0, 0.05) is 30.0 Å². The molecular weight excluding hydrogens is 308 g/mol. The molecule has 0 saturated carbocycles. The molecule has 6 heteroatoms. The number of hydrogen-bond acceptors (Lipinski definition) is 4. The van der Waals surface area contributed by atoms with E-state index in [4.69, 9.17) is 0 Å².